The molecule has 5 heterocycles. The maximum Gasteiger partial charge on any atom is 0.264 e. The van der Waals surface area contributed by atoms with Crippen molar-refractivity contribution in [2.45, 2.75) is 43.9 Å². The van der Waals surface area contributed by atoms with Crippen LogP contribution in [0.1, 0.15) is 56.8 Å². The predicted molar refractivity (Wildman–Crippen MR) is 205 cm³/mol. The smallest absolute Gasteiger partial charge is 0.264 e. The van der Waals surface area contributed by atoms with Crippen LogP contribution in [0.2, 0.25) is 0 Å². The number of hydrogen-bond donors (Lipinski definition) is 5. The van der Waals surface area contributed by atoms with Crippen molar-refractivity contribution in [1.82, 2.24) is 30.5 Å². The fourth-order valence-corrected chi connectivity index (χ4v) is 6.37. The lowest BCUT2D eigenvalue weighted by Crippen LogP contribution is -2.54. The van der Waals surface area contributed by atoms with Gasteiger partial charge >= 0.3 is 0 Å². The number of piperidine rings is 1. The summed E-state index contributed by atoms with van der Waals surface area (Å²) in [6.45, 7) is 1.03. The Morgan fingerprint density at radius 3 is 2.53 bits per heavy atom. The first kappa shape index (κ1) is 39.1. The van der Waals surface area contributed by atoms with Crippen molar-refractivity contribution in [3.05, 3.63) is 77.7 Å². The molecule has 18 heteroatoms. The molecule has 5 N–H and O–H groups in total. The van der Waals surface area contributed by atoms with Gasteiger partial charge in [-0.2, -0.15) is 0 Å². The number of carbonyl (C=O) groups is 5. The van der Waals surface area contributed by atoms with Gasteiger partial charge in [-0.1, -0.05) is 6.07 Å². The van der Waals surface area contributed by atoms with Gasteiger partial charge in [-0.25, -0.2) is 14.4 Å². The summed E-state index contributed by atoms with van der Waals surface area (Å²) in [6.07, 6.45) is 5.54. The molecule has 2 unspecified atom stereocenters. The van der Waals surface area contributed by atoms with Crippen LogP contribution in [0.15, 0.2) is 61.1 Å². The van der Waals surface area contributed by atoms with E-state index in [4.69, 9.17) is 14.2 Å². The lowest BCUT2D eigenvalue weighted by molar-refractivity contribution is -0.136. The zero-order valence-corrected chi connectivity index (χ0v) is 30.9. The highest BCUT2D eigenvalue weighted by Crippen LogP contribution is 2.32. The van der Waals surface area contributed by atoms with Crippen LogP contribution in [0.25, 0.3) is 10.9 Å². The second kappa shape index (κ2) is 18.2. The third-order valence-electron chi connectivity index (χ3n) is 9.39. The number of aromatic nitrogens is 3. The summed E-state index contributed by atoms with van der Waals surface area (Å²) in [7, 11) is 0. The molecule has 1 saturated heterocycles. The second-order valence-electron chi connectivity index (χ2n) is 13.6. The minimum absolute atomic E-state index is 0.0435. The van der Waals surface area contributed by atoms with Gasteiger partial charge in [0.05, 0.1) is 74.1 Å². The molecule has 1 aliphatic carbocycles. The Hall–Kier alpha value is -6.11. The van der Waals surface area contributed by atoms with Gasteiger partial charge in [-0.15, -0.1) is 0 Å². The summed E-state index contributed by atoms with van der Waals surface area (Å²) in [4.78, 5) is 77.1. The summed E-state index contributed by atoms with van der Waals surface area (Å²) in [5, 5.41) is 15.4. The predicted octanol–water partition coefficient (Wildman–Crippen LogP) is 2.97. The molecule has 1 aromatic carbocycles. The van der Waals surface area contributed by atoms with Crippen LogP contribution in [-0.4, -0.2) is 120 Å². The number of halogens is 1. The van der Waals surface area contributed by atoms with Crippen LogP contribution < -0.4 is 26.6 Å². The maximum atomic E-state index is 14.6. The van der Waals surface area contributed by atoms with Crippen LogP contribution in [0, 0.1) is 0 Å². The van der Waals surface area contributed by atoms with E-state index < -0.39 is 41.7 Å². The van der Waals surface area contributed by atoms with Crippen molar-refractivity contribution in [1.29, 1.82) is 0 Å². The van der Waals surface area contributed by atoms with Gasteiger partial charge in [0.2, 0.25) is 11.8 Å². The highest BCUT2D eigenvalue weighted by Gasteiger charge is 2.45. The van der Waals surface area contributed by atoms with Gasteiger partial charge in [0.25, 0.3) is 17.7 Å². The third-order valence-corrected chi connectivity index (χ3v) is 9.39. The molecule has 0 bridgehead atoms. The van der Waals surface area contributed by atoms with Crippen molar-refractivity contribution in [3.8, 4) is 0 Å². The Morgan fingerprint density at radius 1 is 0.912 bits per heavy atom. The van der Waals surface area contributed by atoms with Crippen molar-refractivity contribution in [3.63, 3.8) is 0 Å². The minimum atomic E-state index is -1.44. The zero-order chi connectivity index (χ0) is 39.7. The number of amides is 5. The van der Waals surface area contributed by atoms with E-state index >= 15 is 0 Å². The quantitative estimate of drug-likeness (QED) is 0.0644. The molecule has 3 aliphatic rings. The number of alkyl halides is 1. The Balaban J connectivity index is 0.760. The van der Waals surface area contributed by atoms with Crippen LogP contribution >= 0.6 is 0 Å². The Morgan fingerprint density at radius 2 is 1.72 bits per heavy atom. The normalized spacial score (nSPS) is 17.0. The molecule has 17 nitrogen and oxygen atoms in total. The Bertz CT molecular complexity index is 2150. The summed E-state index contributed by atoms with van der Waals surface area (Å²) in [5.41, 5.74) is 2.48. The van der Waals surface area contributed by atoms with Crippen molar-refractivity contribution in [2.75, 3.05) is 68.7 Å². The van der Waals surface area contributed by atoms with Crippen LogP contribution in [0.5, 0.6) is 0 Å². The SMILES string of the molecule is O=C1CCC(N2C(=O)c3cccc(NCCOCCOCCOCC(F)CNC(=O)c4cnc(Nc5ccc6cnccc6n5)cc4NC4CC4)c3C2=O)C(=O)N1. The first-order valence-corrected chi connectivity index (χ1v) is 18.7. The second-order valence-corrected chi connectivity index (χ2v) is 13.6. The highest BCUT2D eigenvalue weighted by molar-refractivity contribution is 6.25. The number of fused-ring (bicyclic) bond motifs is 2. The summed E-state index contributed by atoms with van der Waals surface area (Å²) >= 11 is 0. The van der Waals surface area contributed by atoms with Crippen molar-refractivity contribution < 1.29 is 42.6 Å². The number of nitrogens with one attached hydrogen (secondary N) is 5. The highest BCUT2D eigenvalue weighted by atomic mass is 19.1. The van der Waals surface area contributed by atoms with E-state index in [0.717, 1.165) is 28.6 Å². The van der Waals surface area contributed by atoms with Gasteiger partial charge in [-0.3, -0.25) is 39.2 Å². The maximum absolute atomic E-state index is 14.6. The van der Waals surface area contributed by atoms with Gasteiger partial charge in [0.1, 0.15) is 23.8 Å². The first-order chi connectivity index (χ1) is 27.7. The molecule has 1 saturated carbocycles. The third kappa shape index (κ3) is 9.83. The van der Waals surface area contributed by atoms with Crippen LogP contribution in [0.3, 0.4) is 0 Å². The molecular formula is C39H42FN9O8. The number of carbonyl (C=O) groups excluding carboxylic acids is 5. The van der Waals surface area contributed by atoms with Gasteiger partial charge in [0, 0.05) is 54.7 Å². The number of hydrogen-bond acceptors (Lipinski definition) is 14. The molecule has 4 aromatic rings. The molecule has 0 spiro atoms. The molecule has 57 heavy (non-hydrogen) atoms. The standard InChI is InChI=1S/C39H42FN9O8/c40-24(20-44-36(51)27-21-43-33(18-30(27)45-25-5-6-25)47-32-8-4-23-19-41-11-10-28(23)46-32)22-57-17-16-56-15-14-55-13-12-42-29-3-1-2-26-35(29)39(54)49(38(26)53)31-7-9-34(50)48-37(31)52/h1-4,8,10-11,18-19,21,24-25,31,42H,5-7,9,12-17,20,22H2,(H,44,51)(H,48,50,52)(H2,43,45,46,47). The lowest BCUT2D eigenvalue weighted by Gasteiger charge is -2.27. The fourth-order valence-electron chi connectivity index (χ4n) is 6.37. The summed E-state index contributed by atoms with van der Waals surface area (Å²) in [6, 6.07) is 11.4. The Labute approximate surface area is 326 Å². The molecule has 2 aliphatic heterocycles. The van der Waals surface area contributed by atoms with Crippen LogP contribution in [-0.2, 0) is 23.8 Å². The van der Waals surface area contributed by atoms with E-state index in [1.165, 1.54) is 12.3 Å². The van der Waals surface area contributed by atoms with Crippen molar-refractivity contribution >= 4 is 63.4 Å². The van der Waals surface area contributed by atoms with E-state index in [2.05, 4.69) is 41.5 Å². The van der Waals surface area contributed by atoms with E-state index in [0.29, 0.717) is 35.1 Å². The summed E-state index contributed by atoms with van der Waals surface area (Å²) in [5.74, 6) is -1.63. The van der Waals surface area contributed by atoms with Crippen molar-refractivity contribution in [2.24, 2.45) is 0 Å². The molecule has 2 fully saturated rings. The van der Waals surface area contributed by atoms with Gasteiger partial charge < -0.3 is 35.5 Å². The lowest BCUT2D eigenvalue weighted by atomic mass is 10.0. The largest absolute Gasteiger partial charge is 0.382 e. The number of rotatable bonds is 20. The van der Waals surface area contributed by atoms with E-state index in [-0.39, 0.29) is 76.2 Å². The topological polar surface area (TPSA) is 215 Å². The molecule has 3 aromatic heterocycles. The Kier molecular flexibility index (Phi) is 12.5. The number of ether oxygens (including phenoxy) is 3. The first-order valence-electron chi connectivity index (χ1n) is 18.7. The van der Waals surface area contributed by atoms with Gasteiger partial charge in [-0.05, 0) is 49.6 Å². The average Bonchev–Trinajstić information content (AvgIpc) is 3.99. The molecule has 298 valence electrons. The molecule has 5 amide bonds. The zero-order valence-electron chi connectivity index (χ0n) is 30.9. The molecule has 2 atom stereocenters. The number of pyridine rings is 3. The monoisotopic (exact) mass is 783 g/mol. The average molecular weight is 784 g/mol. The molecule has 0 radical (unpaired) electrons. The van der Waals surface area contributed by atoms with E-state index in [9.17, 15) is 28.4 Å². The van der Waals surface area contributed by atoms with E-state index in [1.54, 1.807) is 30.6 Å². The minimum Gasteiger partial charge on any atom is -0.382 e. The van der Waals surface area contributed by atoms with Gasteiger partial charge in [0.15, 0.2) is 0 Å². The number of benzene rings is 1. The molecular weight excluding hydrogens is 741 g/mol. The number of anilines is 4. The fraction of sp³-hybridized carbons (Fsp3) is 0.385. The molecule has 7 rings (SSSR count). The summed E-state index contributed by atoms with van der Waals surface area (Å²) < 4.78 is 31.1. The van der Waals surface area contributed by atoms with E-state index in [1.807, 2.05) is 18.2 Å². The number of nitrogens with zero attached hydrogens (tertiary/aromatic N) is 4. The number of imide groups is 2. The van der Waals surface area contributed by atoms with Crippen LogP contribution in [0.4, 0.5) is 27.4 Å².